The molecule has 1 aliphatic carbocycles. The van der Waals surface area contributed by atoms with Crippen LogP contribution < -0.4 is 0 Å². The number of hydrogen-bond acceptors (Lipinski definition) is 3. The second-order valence-electron chi connectivity index (χ2n) is 4.72. The van der Waals surface area contributed by atoms with E-state index in [1.807, 2.05) is 10.7 Å². The minimum atomic E-state index is -0.941. The van der Waals surface area contributed by atoms with Gasteiger partial charge in [0.1, 0.15) is 11.3 Å². The highest BCUT2D eigenvalue weighted by molar-refractivity contribution is 7.19. The minimum Gasteiger partial charge on any atom is -0.478 e. The Hall–Kier alpha value is -1.33. The Morgan fingerprint density at radius 2 is 2.16 bits per heavy atom. The van der Waals surface area contributed by atoms with Gasteiger partial charge in [-0.2, -0.15) is 5.10 Å². The molecule has 0 saturated heterocycles. The van der Waals surface area contributed by atoms with Crippen molar-refractivity contribution >= 4 is 28.9 Å². The Morgan fingerprint density at radius 1 is 1.42 bits per heavy atom. The molecule has 1 fully saturated rings. The van der Waals surface area contributed by atoms with Crippen LogP contribution in [0.2, 0.25) is 4.34 Å². The summed E-state index contributed by atoms with van der Waals surface area (Å²) in [5.74, 6) is -0.941. The van der Waals surface area contributed by atoms with E-state index in [1.165, 1.54) is 24.2 Å². The number of carbonyl (C=O) groups is 1. The van der Waals surface area contributed by atoms with Gasteiger partial charge in [-0.05, 0) is 25.0 Å². The largest absolute Gasteiger partial charge is 0.478 e. The van der Waals surface area contributed by atoms with Crippen molar-refractivity contribution in [1.82, 2.24) is 9.78 Å². The zero-order valence-corrected chi connectivity index (χ0v) is 11.7. The molecular weight excluding hydrogens is 284 g/mol. The number of halogens is 1. The summed E-state index contributed by atoms with van der Waals surface area (Å²) in [6, 6.07) is 3.92. The molecule has 2 aromatic heterocycles. The third-order valence-electron chi connectivity index (χ3n) is 3.47. The Balaban J connectivity index is 2.04. The van der Waals surface area contributed by atoms with E-state index in [0.717, 1.165) is 17.7 Å². The monoisotopic (exact) mass is 296 g/mol. The van der Waals surface area contributed by atoms with E-state index >= 15 is 0 Å². The van der Waals surface area contributed by atoms with E-state index in [0.29, 0.717) is 16.1 Å². The van der Waals surface area contributed by atoms with Gasteiger partial charge in [-0.15, -0.1) is 11.3 Å². The summed E-state index contributed by atoms with van der Waals surface area (Å²) in [7, 11) is 0. The van der Waals surface area contributed by atoms with E-state index in [4.69, 9.17) is 11.6 Å². The summed E-state index contributed by atoms with van der Waals surface area (Å²) in [5.41, 5.74) is 0.779. The minimum absolute atomic E-state index is 0.255. The molecule has 3 rings (SSSR count). The molecule has 4 nitrogen and oxygen atoms in total. The van der Waals surface area contributed by atoms with Crippen LogP contribution in [0, 0.1) is 0 Å². The first kappa shape index (κ1) is 12.7. The molecule has 2 aromatic rings. The van der Waals surface area contributed by atoms with Crippen LogP contribution in [-0.4, -0.2) is 20.9 Å². The number of carboxylic acid groups (broad SMARTS) is 1. The van der Waals surface area contributed by atoms with Gasteiger partial charge in [0.2, 0.25) is 0 Å². The third kappa shape index (κ3) is 2.40. The fourth-order valence-electron chi connectivity index (χ4n) is 2.53. The Kier molecular flexibility index (Phi) is 3.33. The molecule has 0 aliphatic heterocycles. The fourth-order valence-corrected chi connectivity index (χ4v) is 3.57. The number of nitrogens with zero attached hydrogens (tertiary/aromatic N) is 2. The third-order valence-corrected chi connectivity index (χ3v) is 4.71. The Morgan fingerprint density at radius 3 is 2.74 bits per heavy atom. The lowest BCUT2D eigenvalue weighted by Crippen LogP contribution is -2.05. The molecule has 100 valence electrons. The predicted molar refractivity (Wildman–Crippen MR) is 75.0 cm³/mol. The van der Waals surface area contributed by atoms with Gasteiger partial charge in [-0.25, -0.2) is 4.79 Å². The molecule has 19 heavy (non-hydrogen) atoms. The number of carboxylic acids is 1. The standard InChI is InChI=1S/C13H13ClN2O2S/c14-11-6-5-10(19-11)12-9(13(17)18)7-16(15-12)8-3-1-2-4-8/h5-8H,1-4H2,(H,17,18). The smallest absolute Gasteiger partial charge is 0.339 e. The highest BCUT2D eigenvalue weighted by Gasteiger charge is 2.23. The van der Waals surface area contributed by atoms with Crippen LogP contribution in [-0.2, 0) is 0 Å². The molecule has 6 heteroatoms. The normalized spacial score (nSPS) is 16.1. The van der Waals surface area contributed by atoms with Gasteiger partial charge in [0, 0.05) is 6.20 Å². The summed E-state index contributed by atoms with van der Waals surface area (Å²) in [6.07, 6.45) is 6.18. The average molecular weight is 297 g/mol. The molecule has 1 N–H and O–H groups in total. The lowest BCUT2D eigenvalue weighted by molar-refractivity contribution is 0.0697. The van der Waals surface area contributed by atoms with Crippen LogP contribution in [0.1, 0.15) is 42.1 Å². The first-order chi connectivity index (χ1) is 9.15. The number of aromatic carboxylic acids is 1. The van der Waals surface area contributed by atoms with Gasteiger partial charge in [-0.1, -0.05) is 24.4 Å². The molecule has 0 bridgehead atoms. The maximum absolute atomic E-state index is 11.3. The molecule has 0 amide bonds. The highest BCUT2D eigenvalue weighted by atomic mass is 35.5. The number of hydrogen-bond donors (Lipinski definition) is 1. The summed E-state index contributed by atoms with van der Waals surface area (Å²) >= 11 is 7.27. The number of aromatic nitrogens is 2. The number of thiophene rings is 1. The van der Waals surface area contributed by atoms with Crippen molar-refractivity contribution in [3.63, 3.8) is 0 Å². The zero-order chi connectivity index (χ0) is 13.4. The molecule has 0 atom stereocenters. The average Bonchev–Trinajstić information content (AvgIpc) is 3.07. The van der Waals surface area contributed by atoms with Gasteiger partial charge in [0.25, 0.3) is 0 Å². The van der Waals surface area contributed by atoms with Crippen molar-refractivity contribution < 1.29 is 9.90 Å². The van der Waals surface area contributed by atoms with Gasteiger partial charge >= 0.3 is 5.97 Å². The van der Waals surface area contributed by atoms with E-state index < -0.39 is 5.97 Å². The summed E-state index contributed by atoms with van der Waals surface area (Å²) in [5, 5.41) is 13.8. The first-order valence-corrected chi connectivity index (χ1v) is 7.43. The highest BCUT2D eigenvalue weighted by Crippen LogP contribution is 2.35. The molecule has 0 aromatic carbocycles. The zero-order valence-electron chi connectivity index (χ0n) is 10.2. The first-order valence-electron chi connectivity index (χ1n) is 6.23. The second-order valence-corrected chi connectivity index (χ2v) is 6.43. The van der Waals surface area contributed by atoms with Crippen LogP contribution in [0.4, 0.5) is 0 Å². The van der Waals surface area contributed by atoms with E-state index in [1.54, 1.807) is 12.3 Å². The van der Waals surface area contributed by atoms with E-state index in [9.17, 15) is 9.90 Å². The van der Waals surface area contributed by atoms with E-state index in [-0.39, 0.29) is 5.56 Å². The van der Waals surface area contributed by atoms with Gasteiger partial charge < -0.3 is 5.11 Å². The van der Waals surface area contributed by atoms with Gasteiger partial charge in [0.05, 0.1) is 15.3 Å². The summed E-state index contributed by atoms with van der Waals surface area (Å²) < 4.78 is 2.46. The molecular formula is C13H13ClN2O2S. The second kappa shape index (κ2) is 4.98. The molecule has 0 spiro atoms. The van der Waals surface area contributed by atoms with Gasteiger partial charge in [0.15, 0.2) is 0 Å². The fraction of sp³-hybridized carbons (Fsp3) is 0.385. The Labute approximate surface area is 119 Å². The van der Waals surface area contributed by atoms with Crippen LogP contribution in [0.5, 0.6) is 0 Å². The van der Waals surface area contributed by atoms with Crippen molar-refractivity contribution in [2.24, 2.45) is 0 Å². The van der Waals surface area contributed by atoms with Crippen molar-refractivity contribution in [2.45, 2.75) is 31.7 Å². The molecule has 2 heterocycles. The van der Waals surface area contributed by atoms with Crippen molar-refractivity contribution in [2.75, 3.05) is 0 Å². The predicted octanol–water partition coefficient (Wildman–Crippen LogP) is 4.08. The van der Waals surface area contributed by atoms with Crippen molar-refractivity contribution in [3.8, 4) is 10.6 Å². The SMILES string of the molecule is O=C(O)c1cn(C2CCCC2)nc1-c1ccc(Cl)s1. The topological polar surface area (TPSA) is 55.1 Å². The quantitative estimate of drug-likeness (QED) is 0.928. The molecule has 0 unspecified atom stereocenters. The lowest BCUT2D eigenvalue weighted by atomic mass is 10.2. The van der Waals surface area contributed by atoms with E-state index in [2.05, 4.69) is 5.10 Å². The maximum atomic E-state index is 11.3. The van der Waals surface area contributed by atoms with Crippen LogP contribution in [0.3, 0.4) is 0 Å². The van der Waals surface area contributed by atoms with Crippen LogP contribution in [0.15, 0.2) is 18.3 Å². The van der Waals surface area contributed by atoms with Crippen molar-refractivity contribution in [1.29, 1.82) is 0 Å². The van der Waals surface area contributed by atoms with Crippen LogP contribution in [0.25, 0.3) is 10.6 Å². The van der Waals surface area contributed by atoms with Crippen molar-refractivity contribution in [3.05, 3.63) is 28.2 Å². The molecule has 1 saturated carbocycles. The molecule has 1 aliphatic rings. The molecule has 0 radical (unpaired) electrons. The lowest BCUT2D eigenvalue weighted by Gasteiger charge is -2.08. The van der Waals surface area contributed by atoms with Gasteiger partial charge in [-0.3, -0.25) is 4.68 Å². The maximum Gasteiger partial charge on any atom is 0.339 e. The summed E-state index contributed by atoms with van der Waals surface area (Å²) in [4.78, 5) is 12.2. The van der Waals surface area contributed by atoms with Crippen LogP contribution >= 0.6 is 22.9 Å². The summed E-state index contributed by atoms with van der Waals surface area (Å²) in [6.45, 7) is 0. The Bertz CT molecular complexity index is 614. The number of rotatable bonds is 3.